The maximum absolute atomic E-state index is 12.8. The molecule has 4 rings (SSSR count). The monoisotopic (exact) mass is 467 g/mol. The van der Waals surface area contributed by atoms with Gasteiger partial charge in [0, 0.05) is 18.7 Å². The average Bonchev–Trinajstić information content (AvgIpc) is 3.53. The molecule has 34 heavy (non-hydrogen) atoms. The van der Waals surface area contributed by atoms with Crippen LogP contribution in [0.5, 0.6) is 17.2 Å². The molecule has 0 saturated carbocycles. The van der Waals surface area contributed by atoms with Gasteiger partial charge in [0.25, 0.3) is 0 Å². The maximum Gasteiger partial charge on any atom is 0.413 e. The Balaban J connectivity index is 1.42. The van der Waals surface area contributed by atoms with Crippen molar-refractivity contribution in [3.8, 4) is 28.4 Å². The molecular weight excluding hydrogens is 446 g/mol. The summed E-state index contributed by atoms with van der Waals surface area (Å²) in [5.74, 6) is -0.986. The Bertz CT molecular complexity index is 1340. The normalized spacial score (nSPS) is 14.4. The maximum atomic E-state index is 12.8. The number of carbonyl (C=O) groups excluding carboxylic acids is 2. The molecular formula is C22H21N5O7. The fraction of sp³-hybridized carbons (Fsp3) is 0.227. The van der Waals surface area contributed by atoms with Crippen LogP contribution in [0.3, 0.4) is 0 Å². The van der Waals surface area contributed by atoms with Gasteiger partial charge in [0.1, 0.15) is 40.5 Å². The molecule has 6 N–H and O–H groups in total. The van der Waals surface area contributed by atoms with Gasteiger partial charge in [-0.05, 0) is 24.6 Å². The third kappa shape index (κ3) is 4.81. The Hall–Kier alpha value is -4.45. The van der Waals surface area contributed by atoms with Gasteiger partial charge in [0.2, 0.25) is 17.0 Å². The first-order valence-electron chi connectivity index (χ1n) is 10.2. The summed E-state index contributed by atoms with van der Waals surface area (Å²) in [6.07, 6.45) is 0.319. The topological polar surface area (TPSA) is 189 Å². The molecule has 0 aliphatic carbocycles. The predicted molar refractivity (Wildman–Crippen MR) is 120 cm³/mol. The van der Waals surface area contributed by atoms with Crippen molar-refractivity contribution in [2.24, 2.45) is 16.0 Å². The summed E-state index contributed by atoms with van der Waals surface area (Å²) in [6.45, 7) is 1.79. The van der Waals surface area contributed by atoms with Gasteiger partial charge in [-0.1, -0.05) is 12.1 Å². The number of aromatic hydroxyl groups is 2. The number of nitrogens with two attached hydrogens (primary N) is 1. The molecule has 1 unspecified atom stereocenters. The van der Waals surface area contributed by atoms with E-state index in [0.29, 0.717) is 5.56 Å². The Morgan fingerprint density at radius 2 is 1.91 bits per heavy atom. The van der Waals surface area contributed by atoms with Gasteiger partial charge < -0.3 is 35.7 Å². The number of fused-ring (bicyclic) bond motifs is 1. The molecule has 1 aromatic heterocycles. The lowest BCUT2D eigenvalue weighted by Crippen LogP contribution is -2.52. The first-order valence-corrected chi connectivity index (χ1v) is 10.2. The molecule has 0 radical (unpaired) electrons. The number of benzene rings is 2. The summed E-state index contributed by atoms with van der Waals surface area (Å²) in [5, 5.41) is 32.1. The van der Waals surface area contributed by atoms with Crippen molar-refractivity contribution in [2.45, 2.75) is 18.6 Å². The highest BCUT2D eigenvalue weighted by Gasteiger charge is 2.35. The molecule has 2 heterocycles. The van der Waals surface area contributed by atoms with E-state index >= 15 is 0 Å². The van der Waals surface area contributed by atoms with Gasteiger partial charge in [-0.15, -0.1) is 0 Å². The molecule has 0 saturated heterocycles. The standard InChI is InChI=1S/C22H21N5O7/c1-22(26-27-22)10-24-20(31)15(8-23)25-21(32)34-13-4-2-11(3-5-13)14-9-33-17-7-12(28)6-16(29)18(17)19(14)30/h2-7,9,15,28-29H,8,10,23H2,1H3,(H,24,31)(H,25,32). The summed E-state index contributed by atoms with van der Waals surface area (Å²) in [5.41, 5.74) is 5.10. The van der Waals surface area contributed by atoms with Gasteiger partial charge >= 0.3 is 6.09 Å². The van der Waals surface area contributed by atoms with Crippen LogP contribution >= 0.6 is 0 Å². The molecule has 1 aliphatic heterocycles. The second-order valence-corrected chi connectivity index (χ2v) is 7.80. The van der Waals surface area contributed by atoms with Gasteiger partial charge in [-0.3, -0.25) is 9.59 Å². The van der Waals surface area contributed by atoms with Crippen molar-refractivity contribution in [3.63, 3.8) is 0 Å². The molecule has 1 aliphatic rings. The van der Waals surface area contributed by atoms with E-state index in [9.17, 15) is 24.6 Å². The van der Waals surface area contributed by atoms with Crippen LogP contribution < -0.4 is 26.5 Å². The van der Waals surface area contributed by atoms with E-state index in [-0.39, 0.29) is 41.1 Å². The van der Waals surface area contributed by atoms with Crippen molar-refractivity contribution >= 4 is 23.0 Å². The molecule has 2 aromatic carbocycles. The Morgan fingerprint density at radius 1 is 1.21 bits per heavy atom. The van der Waals surface area contributed by atoms with E-state index < -0.39 is 34.9 Å². The molecule has 12 nitrogen and oxygen atoms in total. The van der Waals surface area contributed by atoms with Crippen LogP contribution in [-0.4, -0.2) is 47.0 Å². The van der Waals surface area contributed by atoms with Crippen molar-refractivity contribution in [1.82, 2.24) is 10.6 Å². The van der Waals surface area contributed by atoms with Crippen LogP contribution in [0.2, 0.25) is 0 Å². The third-order valence-electron chi connectivity index (χ3n) is 5.10. The summed E-state index contributed by atoms with van der Waals surface area (Å²) >= 11 is 0. The molecule has 2 amide bonds. The van der Waals surface area contributed by atoms with Crippen molar-refractivity contribution in [1.29, 1.82) is 0 Å². The predicted octanol–water partition coefficient (Wildman–Crippen LogP) is 1.59. The number of rotatable bonds is 7. The molecule has 0 bridgehead atoms. The zero-order valence-electron chi connectivity index (χ0n) is 17.9. The molecule has 1 atom stereocenters. The van der Waals surface area contributed by atoms with Gasteiger partial charge in [-0.25, -0.2) is 4.79 Å². The smallest absolute Gasteiger partial charge is 0.413 e. The van der Waals surface area contributed by atoms with Crippen molar-refractivity contribution in [3.05, 3.63) is 52.9 Å². The highest BCUT2D eigenvalue weighted by Crippen LogP contribution is 2.30. The zero-order valence-corrected chi connectivity index (χ0v) is 17.9. The summed E-state index contributed by atoms with van der Waals surface area (Å²) in [7, 11) is 0. The Labute approximate surface area is 192 Å². The molecule has 3 aromatic rings. The zero-order chi connectivity index (χ0) is 24.5. The third-order valence-corrected chi connectivity index (χ3v) is 5.10. The number of nitrogens with zero attached hydrogens (tertiary/aromatic N) is 2. The highest BCUT2D eigenvalue weighted by molar-refractivity contribution is 5.88. The van der Waals surface area contributed by atoms with Crippen LogP contribution in [0.25, 0.3) is 22.1 Å². The van der Waals surface area contributed by atoms with Crippen LogP contribution in [0.1, 0.15) is 6.92 Å². The Kier molecular flexibility index (Phi) is 5.90. The lowest BCUT2D eigenvalue weighted by Gasteiger charge is -2.17. The summed E-state index contributed by atoms with van der Waals surface area (Å²) in [4.78, 5) is 37.2. The number of phenolic OH excluding ortho intramolecular Hbond substituents is 2. The first-order chi connectivity index (χ1) is 16.2. The number of hydrogen-bond acceptors (Lipinski definition) is 10. The lowest BCUT2D eigenvalue weighted by molar-refractivity contribution is -0.122. The number of carbonyl (C=O) groups is 2. The molecule has 0 spiro atoms. The summed E-state index contributed by atoms with van der Waals surface area (Å²) < 4.78 is 10.6. The first kappa shape index (κ1) is 22.7. The second-order valence-electron chi connectivity index (χ2n) is 7.80. The van der Waals surface area contributed by atoms with E-state index in [4.69, 9.17) is 14.9 Å². The Morgan fingerprint density at radius 3 is 2.56 bits per heavy atom. The molecule has 12 heteroatoms. The van der Waals surface area contributed by atoms with Crippen molar-refractivity contribution in [2.75, 3.05) is 13.1 Å². The number of phenols is 2. The fourth-order valence-electron chi connectivity index (χ4n) is 3.16. The van der Waals surface area contributed by atoms with Crippen LogP contribution in [0.15, 0.2) is 62.1 Å². The van der Waals surface area contributed by atoms with Crippen LogP contribution in [-0.2, 0) is 4.79 Å². The van der Waals surface area contributed by atoms with Gasteiger partial charge in [0.05, 0.1) is 12.1 Å². The minimum absolute atomic E-state index is 0.0383. The van der Waals surface area contributed by atoms with Crippen LogP contribution in [0, 0.1) is 0 Å². The second kappa shape index (κ2) is 8.83. The quantitative estimate of drug-likeness (QED) is 0.346. The van der Waals surface area contributed by atoms with E-state index in [1.54, 1.807) is 6.92 Å². The lowest BCUT2D eigenvalue weighted by atomic mass is 10.0. The SMILES string of the molecule is CC1(CNC(=O)C(CN)NC(=O)Oc2ccc(-c3coc4cc(O)cc(O)c4c3=O)cc2)N=N1. The van der Waals surface area contributed by atoms with E-state index in [0.717, 1.165) is 6.07 Å². The van der Waals surface area contributed by atoms with Gasteiger partial charge in [-0.2, -0.15) is 10.2 Å². The summed E-state index contributed by atoms with van der Waals surface area (Å²) in [6, 6.07) is 7.20. The number of ether oxygens (including phenoxy) is 1. The van der Waals surface area contributed by atoms with E-state index in [1.807, 2.05) is 0 Å². The molecule has 0 fully saturated rings. The van der Waals surface area contributed by atoms with Crippen LogP contribution in [0.4, 0.5) is 4.79 Å². The number of nitrogens with one attached hydrogen (secondary N) is 2. The average molecular weight is 467 g/mol. The van der Waals surface area contributed by atoms with Crippen molar-refractivity contribution < 1.29 is 29.0 Å². The van der Waals surface area contributed by atoms with E-state index in [2.05, 4.69) is 20.9 Å². The number of amides is 2. The van der Waals surface area contributed by atoms with Gasteiger partial charge in [0.15, 0.2) is 0 Å². The molecule has 176 valence electrons. The van der Waals surface area contributed by atoms with E-state index in [1.165, 1.54) is 36.6 Å². The fourth-order valence-corrected chi connectivity index (χ4v) is 3.16. The largest absolute Gasteiger partial charge is 0.508 e. The number of hydrogen-bond donors (Lipinski definition) is 5. The minimum atomic E-state index is -1.01. The highest BCUT2D eigenvalue weighted by atomic mass is 16.6. The minimum Gasteiger partial charge on any atom is -0.508 e.